The summed E-state index contributed by atoms with van der Waals surface area (Å²) in [6, 6.07) is 24.3. The van der Waals surface area contributed by atoms with E-state index >= 15 is 0 Å². The van der Waals surface area contributed by atoms with Crippen molar-refractivity contribution in [3.63, 3.8) is 0 Å². The number of rotatable bonds is 6. The molecule has 0 saturated carbocycles. The van der Waals surface area contributed by atoms with Gasteiger partial charge in [-0.25, -0.2) is 4.39 Å². The van der Waals surface area contributed by atoms with Crippen molar-refractivity contribution in [2.45, 2.75) is 13.1 Å². The van der Waals surface area contributed by atoms with Crippen molar-refractivity contribution in [1.82, 2.24) is 9.80 Å². The minimum absolute atomic E-state index is 0.194. The molecule has 1 fully saturated rings. The summed E-state index contributed by atoms with van der Waals surface area (Å²) in [5.41, 5.74) is 3.25. The Labute approximate surface area is 176 Å². The maximum absolute atomic E-state index is 13.7. The first-order valence-electron chi connectivity index (χ1n) is 10.3. The number of halogens is 1. The molecule has 5 heteroatoms. The van der Waals surface area contributed by atoms with Gasteiger partial charge in [-0.15, -0.1) is 0 Å². The lowest BCUT2D eigenvalue weighted by Gasteiger charge is -2.34. The average Bonchev–Trinajstić information content (AvgIpc) is 2.78. The Kier molecular flexibility index (Phi) is 6.52. The van der Waals surface area contributed by atoms with Gasteiger partial charge < -0.3 is 5.32 Å². The molecule has 1 heterocycles. The third-order valence-electron chi connectivity index (χ3n) is 5.46. The van der Waals surface area contributed by atoms with E-state index in [0.29, 0.717) is 5.56 Å². The van der Waals surface area contributed by atoms with Gasteiger partial charge in [-0.3, -0.25) is 14.6 Å². The SMILES string of the molecule is O=C(Nc1ccccc1F)c1ccc(CN2CCN(Cc3ccccc3)CC2)cc1. The van der Waals surface area contributed by atoms with Gasteiger partial charge in [0.1, 0.15) is 5.82 Å². The van der Waals surface area contributed by atoms with Crippen molar-refractivity contribution in [2.75, 3.05) is 31.5 Å². The van der Waals surface area contributed by atoms with Gasteiger partial charge in [0.25, 0.3) is 5.91 Å². The molecule has 3 aromatic carbocycles. The first-order chi connectivity index (χ1) is 14.7. The fourth-order valence-electron chi connectivity index (χ4n) is 3.72. The molecule has 0 atom stereocenters. The fraction of sp³-hybridized carbons (Fsp3) is 0.240. The quantitative estimate of drug-likeness (QED) is 0.663. The van der Waals surface area contributed by atoms with Gasteiger partial charge in [-0.05, 0) is 35.4 Å². The Balaban J connectivity index is 1.27. The molecular weight excluding hydrogens is 377 g/mol. The van der Waals surface area contributed by atoms with Crippen LogP contribution in [0.2, 0.25) is 0 Å². The van der Waals surface area contributed by atoms with Crippen LogP contribution in [0.5, 0.6) is 0 Å². The molecule has 30 heavy (non-hydrogen) atoms. The first kappa shape index (κ1) is 20.3. The van der Waals surface area contributed by atoms with Crippen molar-refractivity contribution in [3.8, 4) is 0 Å². The second-order valence-electron chi connectivity index (χ2n) is 7.67. The lowest BCUT2D eigenvalue weighted by atomic mass is 10.1. The molecule has 1 aliphatic rings. The number of hydrogen-bond donors (Lipinski definition) is 1. The number of anilines is 1. The lowest BCUT2D eigenvalue weighted by Crippen LogP contribution is -2.45. The van der Waals surface area contributed by atoms with Gasteiger partial charge in [0.2, 0.25) is 0 Å². The van der Waals surface area contributed by atoms with Gasteiger partial charge in [-0.2, -0.15) is 0 Å². The van der Waals surface area contributed by atoms with Gasteiger partial charge in [0.05, 0.1) is 5.69 Å². The molecule has 4 nitrogen and oxygen atoms in total. The predicted molar refractivity (Wildman–Crippen MR) is 118 cm³/mol. The standard InChI is InChI=1S/C25H26FN3O/c26-23-8-4-5-9-24(23)27-25(30)22-12-10-21(11-13-22)19-29-16-14-28(15-17-29)18-20-6-2-1-3-7-20/h1-13H,14-19H2,(H,27,30). The average molecular weight is 404 g/mol. The Morgan fingerprint density at radius 3 is 1.87 bits per heavy atom. The number of para-hydroxylation sites is 1. The molecule has 1 amide bonds. The molecule has 0 aromatic heterocycles. The number of carbonyl (C=O) groups is 1. The molecule has 4 rings (SSSR count). The van der Waals surface area contributed by atoms with Crippen molar-refractivity contribution in [1.29, 1.82) is 0 Å². The smallest absolute Gasteiger partial charge is 0.255 e. The van der Waals surface area contributed by atoms with Gasteiger partial charge in [0, 0.05) is 44.8 Å². The van der Waals surface area contributed by atoms with E-state index in [4.69, 9.17) is 0 Å². The van der Waals surface area contributed by atoms with Crippen LogP contribution in [0.1, 0.15) is 21.5 Å². The van der Waals surface area contributed by atoms with E-state index in [2.05, 4.69) is 45.4 Å². The minimum Gasteiger partial charge on any atom is -0.319 e. The Morgan fingerprint density at radius 1 is 0.733 bits per heavy atom. The van der Waals surface area contributed by atoms with Crippen LogP contribution in [0.15, 0.2) is 78.9 Å². The fourth-order valence-corrected chi connectivity index (χ4v) is 3.72. The summed E-state index contributed by atoms with van der Waals surface area (Å²) in [6.07, 6.45) is 0. The molecule has 3 aromatic rings. The zero-order chi connectivity index (χ0) is 20.8. The molecule has 154 valence electrons. The molecule has 1 aliphatic heterocycles. The topological polar surface area (TPSA) is 35.6 Å². The number of amides is 1. The Morgan fingerprint density at radius 2 is 1.27 bits per heavy atom. The van der Waals surface area contributed by atoms with Gasteiger partial charge in [0.15, 0.2) is 0 Å². The van der Waals surface area contributed by atoms with E-state index in [9.17, 15) is 9.18 Å². The number of benzene rings is 3. The highest BCUT2D eigenvalue weighted by atomic mass is 19.1. The van der Waals surface area contributed by atoms with Gasteiger partial charge in [-0.1, -0.05) is 54.6 Å². The second-order valence-corrected chi connectivity index (χ2v) is 7.67. The van der Waals surface area contributed by atoms with Crippen LogP contribution in [0.3, 0.4) is 0 Å². The van der Waals surface area contributed by atoms with Crippen molar-refractivity contribution < 1.29 is 9.18 Å². The summed E-state index contributed by atoms with van der Waals surface area (Å²) in [5, 5.41) is 2.62. The highest BCUT2D eigenvalue weighted by molar-refractivity contribution is 6.04. The summed E-state index contributed by atoms with van der Waals surface area (Å²) in [4.78, 5) is 17.3. The third-order valence-corrected chi connectivity index (χ3v) is 5.46. The molecule has 1 N–H and O–H groups in total. The molecule has 0 bridgehead atoms. The summed E-state index contributed by atoms with van der Waals surface area (Å²) in [7, 11) is 0. The normalized spacial score (nSPS) is 15.1. The highest BCUT2D eigenvalue weighted by Crippen LogP contribution is 2.16. The number of nitrogens with zero attached hydrogens (tertiary/aromatic N) is 2. The number of hydrogen-bond acceptors (Lipinski definition) is 3. The van der Waals surface area contributed by atoms with Crippen LogP contribution in [-0.4, -0.2) is 41.9 Å². The lowest BCUT2D eigenvalue weighted by molar-refractivity contribution is 0.102. The number of carbonyl (C=O) groups excluding carboxylic acids is 1. The van der Waals surface area contributed by atoms with E-state index in [1.807, 2.05) is 12.1 Å². The first-order valence-corrected chi connectivity index (χ1v) is 10.3. The van der Waals surface area contributed by atoms with Crippen LogP contribution in [0, 0.1) is 5.82 Å². The maximum atomic E-state index is 13.7. The maximum Gasteiger partial charge on any atom is 0.255 e. The van der Waals surface area contributed by atoms with E-state index in [-0.39, 0.29) is 11.6 Å². The second kappa shape index (κ2) is 9.65. The molecule has 0 radical (unpaired) electrons. The van der Waals surface area contributed by atoms with Crippen LogP contribution in [-0.2, 0) is 13.1 Å². The van der Waals surface area contributed by atoms with E-state index in [1.54, 1.807) is 30.3 Å². The summed E-state index contributed by atoms with van der Waals surface area (Å²) >= 11 is 0. The third kappa shape index (κ3) is 5.32. The van der Waals surface area contributed by atoms with E-state index in [0.717, 1.165) is 39.3 Å². The zero-order valence-corrected chi connectivity index (χ0v) is 16.9. The summed E-state index contributed by atoms with van der Waals surface area (Å²) in [5.74, 6) is -0.741. The van der Waals surface area contributed by atoms with Gasteiger partial charge >= 0.3 is 0 Å². The molecule has 0 unspecified atom stereocenters. The number of piperazine rings is 1. The Bertz CT molecular complexity index is 967. The zero-order valence-electron chi connectivity index (χ0n) is 16.9. The molecular formula is C25H26FN3O. The Hall–Kier alpha value is -3.02. The monoisotopic (exact) mass is 403 g/mol. The number of nitrogens with one attached hydrogen (secondary N) is 1. The summed E-state index contributed by atoms with van der Waals surface area (Å²) < 4.78 is 13.7. The van der Waals surface area contributed by atoms with Crippen LogP contribution >= 0.6 is 0 Å². The van der Waals surface area contributed by atoms with E-state index < -0.39 is 5.82 Å². The van der Waals surface area contributed by atoms with Crippen LogP contribution in [0.4, 0.5) is 10.1 Å². The van der Waals surface area contributed by atoms with Crippen LogP contribution in [0.25, 0.3) is 0 Å². The van der Waals surface area contributed by atoms with E-state index in [1.165, 1.54) is 17.2 Å². The van der Waals surface area contributed by atoms with Crippen LogP contribution < -0.4 is 5.32 Å². The van der Waals surface area contributed by atoms with Crippen molar-refractivity contribution in [3.05, 3.63) is 101 Å². The largest absolute Gasteiger partial charge is 0.319 e. The van der Waals surface area contributed by atoms with Crippen molar-refractivity contribution in [2.24, 2.45) is 0 Å². The molecule has 1 saturated heterocycles. The van der Waals surface area contributed by atoms with Crippen molar-refractivity contribution >= 4 is 11.6 Å². The molecule has 0 aliphatic carbocycles. The minimum atomic E-state index is -0.436. The predicted octanol–water partition coefficient (Wildman–Crippen LogP) is 4.40. The summed E-state index contributed by atoms with van der Waals surface area (Å²) in [6.45, 7) is 6.04. The molecule has 0 spiro atoms. The highest BCUT2D eigenvalue weighted by Gasteiger charge is 2.17.